The third kappa shape index (κ3) is 3.87. The van der Waals surface area contributed by atoms with Gasteiger partial charge in [-0.3, -0.25) is 9.59 Å². The Morgan fingerprint density at radius 1 is 1.53 bits per heavy atom. The van der Waals surface area contributed by atoms with E-state index in [4.69, 9.17) is 5.11 Å². The summed E-state index contributed by atoms with van der Waals surface area (Å²) in [6, 6.07) is -0.620. The van der Waals surface area contributed by atoms with Crippen LogP contribution in [0.1, 0.15) is 32.6 Å². The molecule has 2 amide bonds. The van der Waals surface area contributed by atoms with Gasteiger partial charge in [0.25, 0.3) is 0 Å². The second kappa shape index (κ2) is 5.70. The quantitative estimate of drug-likeness (QED) is 0.582. The van der Waals surface area contributed by atoms with E-state index in [-0.39, 0.29) is 24.5 Å². The Morgan fingerprint density at radius 2 is 2.20 bits per heavy atom. The molecule has 0 aliphatic carbocycles. The average molecular weight is 214 g/mol. The monoisotopic (exact) mass is 214 g/mol. The first kappa shape index (κ1) is 12.0. The van der Waals surface area contributed by atoms with Crippen LogP contribution in [0.4, 0.5) is 0 Å². The van der Waals surface area contributed by atoms with Gasteiger partial charge in [-0.25, -0.2) is 0 Å². The smallest absolute Gasteiger partial charge is 0.242 e. The first-order chi connectivity index (χ1) is 7.13. The highest BCUT2D eigenvalue weighted by atomic mass is 16.3. The maximum absolute atomic E-state index is 11.6. The van der Waals surface area contributed by atoms with Gasteiger partial charge in [-0.1, -0.05) is 12.8 Å². The van der Waals surface area contributed by atoms with E-state index in [0.717, 1.165) is 19.3 Å². The van der Waals surface area contributed by atoms with Crippen LogP contribution in [0.3, 0.4) is 0 Å². The fourth-order valence-electron chi connectivity index (χ4n) is 1.76. The van der Waals surface area contributed by atoms with Gasteiger partial charge in [-0.2, -0.15) is 0 Å². The molecule has 5 heteroatoms. The summed E-state index contributed by atoms with van der Waals surface area (Å²) in [6.07, 6.45) is 3.33. The molecule has 1 aliphatic rings. The van der Waals surface area contributed by atoms with Crippen LogP contribution in [-0.2, 0) is 9.59 Å². The van der Waals surface area contributed by atoms with Crippen molar-refractivity contribution < 1.29 is 14.7 Å². The Labute approximate surface area is 89.2 Å². The molecule has 0 aromatic carbocycles. The molecular weight excluding hydrogens is 196 g/mol. The highest BCUT2D eigenvalue weighted by Gasteiger charge is 2.23. The number of nitrogens with one attached hydrogen (secondary N) is 2. The van der Waals surface area contributed by atoms with Crippen molar-refractivity contribution in [3.8, 4) is 0 Å². The van der Waals surface area contributed by atoms with Crippen molar-refractivity contribution in [2.75, 3.05) is 6.61 Å². The van der Waals surface area contributed by atoms with Crippen molar-refractivity contribution in [2.45, 2.75) is 44.7 Å². The minimum Gasteiger partial charge on any atom is -0.394 e. The standard InChI is InChI=1S/C10H18N2O3/c1-7(14)11-9-5-3-2-4-8(6-13)12-10(9)15/h8-9,13H,2-6H2,1H3,(H,11,14)(H,12,15)/t8-,9-/m1/s1. The number of hydrogen-bond acceptors (Lipinski definition) is 3. The van der Waals surface area contributed by atoms with Crippen LogP contribution in [-0.4, -0.2) is 35.6 Å². The van der Waals surface area contributed by atoms with Crippen LogP contribution in [0.15, 0.2) is 0 Å². The van der Waals surface area contributed by atoms with Crippen molar-refractivity contribution >= 4 is 11.8 Å². The van der Waals surface area contributed by atoms with E-state index < -0.39 is 6.04 Å². The molecule has 5 nitrogen and oxygen atoms in total. The van der Waals surface area contributed by atoms with E-state index in [0.29, 0.717) is 6.42 Å². The lowest BCUT2D eigenvalue weighted by Gasteiger charge is -2.25. The first-order valence-electron chi connectivity index (χ1n) is 5.32. The summed E-state index contributed by atoms with van der Waals surface area (Å²) in [5.74, 6) is -0.389. The van der Waals surface area contributed by atoms with E-state index in [2.05, 4.69) is 10.6 Å². The normalized spacial score (nSPS) is 27.5. The largest absolute Gasteiger partial charge is 0.394 e. The Balaban J connectivity index is 2.55. The second-order valence-electron chi connectivity index (χ2n) is 3.93. The number of aliphatic hydroxyl groups is 1. The van der Waals surface area contributed by atoms with Gasteiger partial charge in [-0.15, -0.1) is 0 Å². The zero-order valence-electron chi connectivity index (χ0n) is 8.95. The topological polar surface area (TPSA) is 78.4 Å². The SMILES string of the molecule is CC(=O)N[C@@H]1CCCC[C@H](CO)NC1=O. The van der Waals surface area contributed by atoms with Crippen molar-refractivity contribution in [3.05, 3.63) is 0 Å². The summed E-state index contributed by atoms with van der Waals surface area (Å²) in [5, 5.41) is 14.3. The maximum atomic E-state index is 11.6. The third-order valence-electron chi connectivity index (χ3n) is 2.56. The lowest BCUT2D eigenvalue weighted by molar-refractivity contribution is -0.129. The summed E-state index contributed by atoms with van der Waals surface area (Å²) in [6.45, 7) is 1.36. The van der Waals surface area contributed by atoms with Crippen molar-refractivity contribution in [2.24, 2.45) is 0 Å². The van der Waals surface area contributed by atoms with Gasteiger partial charge in [0.05, 0.1) is 12.6 Å². The molecule has 86 valence electrons. The fraction of sp³-hybridized carbons (Fsp3) is 0.800. The molecule has 0 bridgehead atoms. The molecule has 3 N–H and O–H groups in total. The Hall–Kier alpha value is -1.10. The second-order valence-corrected chi connectivity index (χ2v) is 3.93. The van der Waals surface area contributed by atoms with Gasteiger partial charge in [0, 0.05) is 6.92 Å². The van der Waals surface area contributed by atoms with Crippen LogP contribution in [0.2, 0.25) is 0 Å². The van der Waals surface area contributed by atoms with Crippen LogP contribution >= 0.6 is 0 Å². The molecule has 1 heterocycles. The molecule has 2 atom stereocenters. The molecule has 0 unspecified atom stereocenters. The summed E-state index contributed by atoms with van der Waals surface area (Å²) in [7, 11) is 0. The number of hydrogen-bond donors (Lipinski definition) is 3. The van der Waals surface area contributed by atoms with E-state index in [1.54, 1.807) is 0 Å². The van der Waals surface area contributed by atoms with E-state index in [1.807, 2.05) is 0 Å². The van der Waals surface area contributed by atoms with Crippen LogP contribution in [0.25, 0.3) is 0 Å². The Kier molecular flexibility index (Phi) is 4.55. The summed E-state index contributed by atoms with van der Waals surface area (Å²) in [4.78, 5) is 22.5. The molecule has 1 fully saturated rings. The molecule has 1 saturated heterocycles. The van der Waals surface area contributed by atoms with Gasteiger partial charge < -0.3 is 15.7 Å². The van der Waals surface area contributed by atoms with Gasteiger partial charge >= 0.3 is 0 Å². The van der Waals surface area contributed by atoms with Gasteiger partial charge in [0.15, 0.2) is 0 Å². The van der Waals surface area contributed by atoms with E-state index in [9.17, 15) is 9.59 Å². The number of amides is 2. The predicted molar refractivity (Wildman–Crippen MR) is 55.1 cm³/mol. The Bertz CT molecular complexity index is 243. The molecule has 1 rings (SSSR count). The number of carbonyl (C=O) groups is 2. The van der Waals surface area contributed by atoms with Gasteiger partial charge in [0.2, 0.25) is 11.8 Å². The lowest BCUT2D eigenvalue weighted by atomic mass is 10.0. The van der Waals surface area contributed by atoms with Crippen LogP contribution < -0.4 is 10.6 Å². The molecule has 0 spiro atoms. The van der Waals surface area contributed by atoms with Crippen molar-refractivity contribution in [3.63, 3.8) is 0 Å². The highest BCUT2D eigenvalue weighted by Crippen LogP contribution is 2.10. The third-order valence-corrected chi connectivity index (χ3v) is 2.56. The molecule has 15 heavy (non-hydrogen) atoms. The van der Waals surface area contributed by atoms with Gasteiger partial charge in [0.1, 0.15) is 6.04 Å². The lowest BCUT2D eigenvalue weighted by Crippen LogP contribution is -2.51. The van der Waals surface area contributed by atoms with Crippen LogP contribution in [0.5, 0.6) is 0 Å². The van der Waals surface area contributed by atoms with Crippen molar-refractivity contribution in [1.29, 1.82) is 0 Å². The molecule has 0 aromatic heterocycles. The summed E-state index contributed by atoms with van der Waals surface area (Å²) in [5.41, 5.74) is 0. The number of aliphatic hydroxyl groups excluding tert-OH is 1. The van der Waals surface area contributed by atoms with Gasteiger partial charge in [-0.05, 0) is 12.8 Å². The Morgan fingerprint density at radius 3 is 2.80 bits per heavy atom. The minimum absolute atomic E-state index is 0.0431. The fourth-order valence-corrected chi connectivity index (χ4v) is 1.76. The molecule has 0 radical (unpaired) electrons. The van der Waals surface area contributed by atoms with E-state index >= 15 is 0 Å². The van der Waals surface area contributed by atoms with Crippen LogP contribution in [0, 0.1) is 0 Å². The highest BCUT2D eigenvalue weighted by molar-refractivity contribution is 5.87. The summed E-state index contributed by atoms with van der Waals surface area (Å²) >= 11 is 0. The molecule has 0 saturated carbocycles. The average Bonchev–Trinajstić information content (AvgIpc) is 2.17. The van der Waals surface area contributed by atoms with Crippen molar-refractivity contribution in [1.82, 2.24) is 10.6 Å². The zero-order valence-corrected chi connectivity index (χ0v) is 8.95. The maximum Gasteiger partial charge on any atom is 0.242 e. The minimum atomic E-state index is -0.447. The zero-order chi connectivity index (χ0) is 11.3. The summed E-state index contributed by atoms with van der Waals surface area (Å²) < 4.78 is 0. The predicted octanol–water partition coefficient (Wildman–Crippen LogP) is -0.458. The number of rotatable bonds is 2. The molecule has 1 aliphatic heterocycles. The van der Waals surface area contributed by atoms with E-state index in [1.165, 1.54) is 6.92 Å². The molecule has 0 aromatic rings. The molecular formula is C10H18N2O3. The first-order valence-corrected chi connectivity index (χ1v) is 5.32. The number of carbonyl (C=O) groups excluding carboxylic acids is 2.